The summed E-state index contributed by atoms with van der Waals surface area (Å²) in [5.74, 6) is -6.83. The van der Waals surface area contributed by atoms with Gasteiger partial charge in [0.05, 0.1) is 39.0 Å². The van der Waals surface area contributed by atoms with Crippen LogP contribution in [0.15, 0.2) is 42.5 Å². The van der Waals surface area contributed by atoms with Crippen LogP contribution in [-0.2, 0) is 50.6 Å². The Labute approximate surface area is 383 Å². The number of benzene rings is 2. The molecule has 1 spiro atoms. The number of hydrogen-bond acceptors (Lipinski definition) is 13. The number of carbonyl (C=O) groups is 4. The Hall–Kier alpha value is -5.06. The highest BCUT2D eigenvalue weighted by molar-refractivity contribution is 5.99. The van der Waals surface area contributed by atoms with Crippen molar-refractivity contribution in [1.82, 2.24) is 14.8 Å². The highest BCUT2D eigenvalue weighted by Crippen LogP contribution is 2.68. The average Bonchev–Trinajstić information content (AvgIpc) is 3.94. The first kappa shape index (κ1) is 46.1. The number of carbonyl (C=O) groups excluding carboxylic acids is 4. The standard InChI is InChI=1S/C50H62F2N4O10/c1-10-47-15-11-17-56-19-16-48(41(47)56)34-22-35(38(62-7)23-37(34)54(6)42(48)50(61,45(60)64-9)43(47)66-28(4)57)49(44(59)63-8)24-29-20-31(46(5,51)52)26-55(25-29)18-14-32-33-21-30(40(58)65-27(2)3)12-13-36(33)53-39(32)49/h11-13,15,21-23,27,29,31,41-43,53,61H,10,14,16-20,24-26H2,1-9H3/t29?,31?,41?,42?,43-,47-,48?,49-,50+/m0/s1. The minimum atomic E-state index is -2.99. The number of methoxy groups -OCH3 is 3. The van der Waals surface area contributed by atoms with E-state index in [4.69, 9.17) is 23.7 Å². The van der Waals surface area contributed by atoms with Gasteiger partial charge in [-0.2, -0.15) is 0 Å². The molecule has 2 bridgehead atoms. The van der Waals surface area contributed by atoms with E-state index in [1.165, 1.54) is 28.3 Å². The van der Waals surface area contributed by atoms with Gasteiger partial charge in [0.2, 0.25) is 11.5 Å². The number of fused-ring (bicyclic) bond motifs is 6. The molecule has 0 radical (unpaired) electrons. The summed E-state index contributed by atoms with van der Waals surface area (Å²) in [7, 11) is 5.84. The van der Waals surface area contributed by atoms with E-state index in [0.29, 0.717) is 84.6 Å². The van der Waals surface area contributed by atoms with Gasteiger partial charge in [-0.15, -0.1) is 0 Å². The van der Waals surface area contributed by atoms with Crippen molar-refractivity contribution in [3.8, 4) is 5.75 Å². The molecule has 6 aliphatic rings. The largest absolute Gasteiger partial charge is 0.496 e. The van der Waals surface area contributed by atoms with Gasteiger partial charge >= 0.3 is 23.9 Å². The van der Waals surface area contributed by atoms with Crippen molar-refractivity contribution >= 4 is 40.5 Å². The average molecular weight is 917 g/mol. The lowest BCUT2D eigenvalue weighted by atomic mass is 9.47. The normalized spacial score (nSPS) is 33.4. The third-order valence-electron chi connectivity index (χ3n) is 16.2. The molecule has 2 saturated heterocycles. The van der Waals surface area contributed by atoms with Crippen molar-refractivity contribution in [2.45, 2.75) is 113 Å². The Kier molecular flexibility index (Phi) is 11.2. The van der Waals surface area contributed by atoms with Crippen LogP contribution in [0.4, 0.5) is 14.5 Å². The number of rotatable bonds is 9. The molecule has 14 nitrogen and oxygen atoms in total. The minimum absolute atomic E-state index is 0.0596. The van der Waals surface area contributed by atoms with Gasteiger partial charge in [0.1, 0.15) is 11.2 Å². The highest BCUT2D eigenvalue weighted by atomic mass is 19.3. The van der Waals surface area contributed by atoms with Crippen LogP contribution in [0.5, 0.6) is 5.75 Å². The lowest BCUT2D eigenvalue weighted by Gasteiger charge is -2.63. The van der Waals surface area contributed by atoms with Crippen molar-refractivity contribution in [2.24, 2.45) is 17.3 Å². The molecule has 10 atom stereocenters. The number of anilines is 1. The predicted octanol–water partition coefficient (Wildman–Crippen LogP) is 5.69. The van der Waals surface area contributed by atoms with Crippen LogP contribution in [0.1, 0.15) is 93.0 Å². The Morgan fingerprint density at radius 2 is 1.74 bits per heavy atom. The zero-order valence-corrected chi connectivity index (χ0v) is 39.3. The van der Waals surface area contributed by atoms with Crippen LogP contribution in [0.2, 0.25) is 0 Å². The molecule has 9 rings (SSSR count). The van der Waals surface area contributed by atoms with Crippen molar-refractivity contribution < 1.29 is 56.7 Å². The van der Waals surface area contributed by atoms with Crippen LogP contribution < -0.4 is 9.64 Å². The van der Waals surface area contributed by atoms with E-state index >= 15 is 13.6 Å². The lowest BCUT2D eigenvalue weighted by molar-refractivity contribution is -0.228. The zero-order valence-electron chi connectivity index (χ0n) is 39.3. The summed E-state index contributed by atoms with van der Waals surface area (Å²) < 4.78 is 60.5. The van der Waals surface area contributed by atoms with Crippen molar-refractivity contribution in [1.29, 1.82) is 0 Å². The summed E-state index contributed by atoms with van der Waals surface area (Å²) in [4.78, 5) is 66.3. The number of ether oxygens (including phenoxy) is 5. The molecule has 1 saturated carbocycles. The molecule has 2 N–H and O–H groups in total. The van der Waals surface area contributed by atoms with E-state index in [1.807, 2.05) is 36.1 Å². The third-order valence-corrected chi connectivity index (χ3v) is 16.2. The molecule has 6 unspecified atom stereocenters. The number of hydrogen-bond donors (Lipinski definition) is 2. The number of nitrogens with zero attached hydrogens (tertiary/aromatic N) is 3. The molecular weight excluding hydrogens is 855 g/mol. The molecule has 3 aromatic rings. The zero-order chi connectivity index (χ0) is 47.5. The Bertz CT molecular complexity index is 2520. The van der Waals surface area contributed by atoms with Gasteiger partial charge in [0.15, 0.2) is 6.10 Å². The number of piperidine rings is 1. The summed E-state index contributed by atoms with van der Waals surface area (Å²) in [5.41, 5.74) is -2.18. The maximum atomic E-state index is 15.5. The smallest absolute Gasteiger partial charge is 0.344 e. The SMILES string of the molecule is CC[C@@]12C=CCN3CCC4(c5cc([C@@]6(C(=O)OC)CC7CC(C(C)(F)F)CN(CCc8c6[nH]c6ccc(C(=O)OC(C)C)cc86)C7)c(OC)cc5N(C)C4[C@](O)(C(=O)OC)[C@H]1OC(C)=O)C32. The van der Waals surface area contributed by atoms with E-state index in [9.17, 15) is 19.5 Å². The third kappa shape index (κ3) is 6.39. The second-order valence-corrected chi connectivity index (χ2v) is 20.0. The number of aliphatic hydroxyl groups is 1. The van der Waals surface area contributed by atoms with Gasteiger partial charge in [0.25, 0.3) is 0 Å². The summed E-state index contributed by atoms with van der Waals surface area (Å²) in [6.07, 6.45) is 3.70. The fourth-order valence-corrected chi connectivity index (χ4v) is 13.9. The number of halogens is 2. The van der Waals surface area contributed by atoms with E-state index in [-0.39, 0.29) is 25.5 Å². The summed E-state index contributed by atoms with van der Waals surface area (Å²) in [6.45, 7) is 9.93. The first-order valence-corrected chi connectivity index (χ1v) is 23.2. The number of nitrogens with one attached hydrogen (secondary N) is 1. The van der Waals surface area contributed by atoms with E-state index in [2.05, 4.69) is 14.8 Å². The molecule has 5 aliphatic heterocycles. The number of aromatic amines is 1. The van der Waals surface area contributed by atoms with Gasteiger partial charge in [-0.05, 0) is 101 Å². The Morgan fingerprint density at radius 3 is 2.39 bits per heavy atom. The van der Waals surface area contributed by atoms with Crippen LogP contribution in [0, 0.1) is 17.3 Å². The monoisotopic (exact) mass is 916 g/mol. The molecule has 1 aliphatic carbocycles. The number of aromatic nitrogens is 1. The van der Waals surface area contributed by atoms with Gasteiger partial charge in [-0.25, -0.2) is 18.4 Å². The van der Waals surface area contributed by atoms with Gasteiger partial charge in [-0.3, -0.25) is 14.5 Å². The lowest BCUT2D eigenvalue weighted by Crippen LogP contribution is -2.81. The van der Waals surface area contributed by atoms with Crippen LogP contribution in [0.3, 0.4) is 0 Å². The van der Waals surface area contributed by atoms with Gasteiger partial charge < -0.3 is 43.6 Å². The van der Waals surface area contributed by atoms with Crippen LogP contribution in [-0.4, -0.2) is 141 Å². The maximum absolute atomic E-state index is 15.5. The molecular formula is C50H62F2N4O10. The molecule has 66 heavy (non-hydrogen) atoms. The van der Waals surface area contributed by atoms with Gasteiger partial charge in [-0.1, -0.05) is 19.1 Å². The predicted molar refractivity (Wildman–Crippen MR) is 240 cm³/mol. The van der Waals surface area contributed by atoms with E-state index < -0.39 is 81.7 Å². The number of H-pyrrole nitrogens is 1. The molecule has 6 heterocycles. The van der Waals surface area contributed by atoms with Gasteiger partial charge in [0, 0.05) is 96.9 Å². The van der Waals surface area contributed by atoms with Crippen LogP contribution in [0.25, 0.3) is 10.9 Å². The second-order valence-electron chi connectivity index (χ2n) is 20.0. The minimum Gasteiger partial charge on any atom is -0.496 e. The number of alkyl halides is 2. The molecule has 16 heteroatoms. The topological polar surface area (TPSA) is 160 Å². The summed E-state index contributed by atoms with van der Waals surface area (Å²) >= 11 is 0. The van der Waals surface area contributed by atoms with Crippen molar-refractivity contribution in [2.75, 3.05) is 66.0 Å². The van der Waals surface area contributed by atoms with Crippen LogP contribution >= 0.6 is 0 Å². The first-order valence-electron chi connectivity index (χ1n) is 23.2. The fraction of sp³-hybridized carbons (Fsp3) is 0.600. The van der Waals surface area contributed by atoms with Crippen molar-refractivity contribution in [3.05, 3.63) is 70.4 Å². The molecule has 3 fully saturated rings. The molecule has 1 aromatic heterocycles. The van der Waals surface area contributed by atoms with E-state index in [1.54, 1.807) is 39.1 Å². The van der Waals surface area contributed by atoms with E-state index in [0.717, 1.165) is 18.1 Å². The Morgan fingerprint density at radius 1 is 1.00 bits per heavy atom. The summed E-state index contributed by atoms with van der Waals surface area (Å²) in [5, 5.41) is 14.1. The fourth-order valence-electron chi connectivity index (χ4n) is 13.9. The Balaban J connectivity index is 1.35. The quantitative estimate of drug-likeness (QED) is 0.153. The number of likely N-dealkylation sites (N-methyl/N-ethyl adjacent to an activating group) is 1. The molecule has 0 amide bonds. The molecule has 356 valence electrons. The molecule has 2 aromatic carbocycles. The second kappa shape index (κ2) is 16.0. The number of esters is 4. The first-order chi connectivity index (χ1) is 31.3. The van der Waals surface area contributed by atoms with Crippen molar-refractivity contribution in [3.63, 3.8) is 0 Å². The summed E-state index contributed by atoms with van der Waals surface area (Å²) in [6, 6.07) is 7.61. The highest BCUT2D eigenvalue weighted by Gasteiger charge is 2.80. The maximum Gasteiger partial charge on any atom is 0.344 e.